The van der Waals surface area contributed by atoms with Gasteiger partial charge in [0.05, 0.1) is 16.3 Å². The summed E-state index contributed by atoms with van der Waals surface area (Å²) in [5.41, 5.74) is -0.0652. The highest BCUT2D eigenvalue weighted by atomic mass is 16.6. The molecule has 0 aliphatic heterocycles. The van der Waals surface area contributed by atoms with Crippen molar-refractivity contribution in [3.63, 3.8) is 0 Å². The van der Waals surface area contributed by atoms with Crippen LogP contribution in [0.3, 0.4) is 0 Å². The molecule has 10 heteroatoms. The van der Waals surface area contributed by atoms with Crippen molar-refractivity contribution in [2.75, 3.05) is 6.54 Å². The fourth-order valence-corrected chi connectivity index (χ4v) is 3.91. The number of nitro groups is 1. The Kier molecular flexibility index (Phi) is 6.98. The molecule has 166 valence electrons. The summed E-state index contributed by atoms with van der Waals surface area (Å²) in [5, 5.41) is 25.0. The van der Waals surface area contributed by atoms with Crippen molar-refractivity contribution >= 4 is 17.5 Å². The number of carbonyl (C=O) groups is 2. The smallest absolute Gasteiger partial charge is 0.274 e. The lowest BCUT2D eigenvalue weighted by Gasteiger charge is -2.36. The van der Waals surface area contributed by atoms with E-state index in [9.17, 15) is 19.7 Å². The molecule has 1 saturated carbocycles. The predicted molar refractivity (Wildman–Crippen MR) is 114 cm³/mol. The Morgan fingerprint density at radius 3 is 2.68 bits per heavy atom. The van der Waals surface area contributed by atoms with Crippen molar-refractivity contribution in [1.82, 2.24) is 25.6 Å². The quantitative estimate of drug-likeness (QED) is 0.377. The molecular weight excluding hydrogens is 400 g/mol. The summed E-state index contributed by atoms with van der Waals surface area (Å²) in [6.07, 6.45) is 5.76. The third-order valence-electron chi connectivity index (χ3n) is 5.71. The van der Waals surface area contributed by atoms with Crippen LogP contribution < -0.4 is 10.6 Å². The van der Waals surface area contributed by atoms with E-state index in [0.29, 0.717) is 30.8 Å². The van der Waals surface area contributed by atoms with E-state index in [1.165, 1.54) is 16.8 Å². The van der Waals surface area contributed by atoms with Gasteiger partial charge in [-0.2, -0.15) is 0 Å². The molecular formula is C21H28N6O4. The SMILES string of the molecule is CCCCNC(=O)C1(NC(=O)c2nnn(-c3cccc([N+](=O)[O-])c3)c2C)CCCCC1. The number of hydrogen-bond acceptors (Lipinski definition) is 6. The molecule has 2 aromatic rings. The van der Waals surface area contributed by atoms with Gasteiger partial charge < -0.3 is 10.6 Å². The van der Waals surface area contributed by atoms with Crippen LogP contribution in [0.15, 0.2) is 24.3 Å². The number of benzene rings is 1. The number of aromatic nitrogens is 3. The van der Waals surface area contributed by atoms with Gasteiger partial charge in [-0.3, -0.25) is 19.7 Å². The number of rotatable bonds is 8. The van der Waals surface area contributed by atoms with Gasteiger partial charge in [0.15, 0.2) is 5.69 Å². The molecule has 1 aliphatic carbocycles. The topological polar surface area (TPSA) is 132 Å². The molecule has 31 heavy (non-hydrogen) atoms. The van der Waals surface area contributed by atoms with Crippen molar-refractivity contribution in [3.05, 3.63) is 45.8 Å². The molecule has 0 atom stereocenters. The maximum absolute atomic E-state index is 13.1. The fraction of sp³-hybridized carbons (Fsp3) is 0.524. The number of amides is 2. The Morgan fingerprint density at radius 1 is 1.26 bits per heavy atom. The van der Waals surface area contributed by atoms with Crippen LogP contribution in [0.2, 0.25) is 0 Å². The standard InChI is InChI=1S/C21H28N6O4/c1-3-4-13-22-20(29)21(11-6-5-7-12-21)23-19(28)18-15(2)26(25-24-18)16-9-8-10-17(14-16)27(30)31/h8-10,14H,3-7,11-13H2,1-2H3,(H,22,29)(H,23,28). The molecule has 0 unspecified atom stereocenters. The molecule has 1 aromatic carbocycles. The van der Waals surface area contributed by atoms with E-state index in [1.54, 1.807) is 19.1 Å². The van der Waals surface area contributed by atoms with Gasteiger partial charge in [-0.25, -0.2) is 4.68 Å². The molecule has 1 aromatic heterocycles. The molecule has 1 heterocycles. The van der Waals surface area contributed by atoms with E-state index in [-0.39, 0.29) is 17.3 Å². The number of non-ortho nitro benzene ring substituents is 1. The minimum absolute atomic E-state index is 0.0803. The zero-order valence-corrected chi connectivity index (χ0v) is 17.9. The van der Waals surface area contributed by atoms with Gasteiger partial charge in [-0.05, 0) is 32.3 Å². The van der Waals surface area contributed by atoms with Crippen LogP contribution in [0.25, 0.3) is 5.69 Å². The molecule has 0 saturated heterocycles. The van der Waals surface area contributed by atoms with Gasteiger partial charge in [-0.1, -0.05) is 43.9 Å². The highest BCUT2D eigenvalue weighted by Gasteiger charge is 2.41. The third kappa shape index (κ3) is 4.89. The first-order valence-electron chi connectivity index (χ1n) is 10.7. The lowest BCUT2D eigenvalue weighted by Crippen LogP contribution is -2.60. The molecule has 10 nitrogen and oxygen atoms in total. The zero-order valence-electron chi connectivity index (χ0n) is 17.9. The molecule has 2 N–H and O–H groups in total. The minimum Gasteiger partial charge on any atom is -0.354 e. The lowest BCUT2D eigenvalue weighted by atomic mass is 9.80. The van der Waals surface area contributed by atoms with Crippen LogP contribution >= 0.6 is 0 Å². The zero-order chi connectivity index (χ0) is 22.4. The van der Waals surface area contributed by atoms with Crippen molar-refractivity contribution < 1.29 is 14.5 Å². The van der Waals surface area contributed by atoms with Crippen molar-refractivity contribution in [1.29, 1.82) is 0 Å². The van der Waals surface area contributed by atoms with Gasteiger partial charge in [-0.15, -0.1) is 5.10 Å². The van der Waals surface area contributed by atoms with E-state index in [0.717, 1.165) is 32.1 Å². The summed E-state index contributed by atoms with van der Waals surface area (Å²) >= 11 is 0. The summed E-state index contributed by atoms with van der Waals surface area (Å²) in [6, 6.07) is 5.95. The second-order valence-corrected chi connectivity index (χ2v) is 7.92. The van der Waals surface area contributed by atoms with Gasteiger partial charge in [0.1, 0.15) is 5.54 Å². The number of nitro benzene ring substituents is 1. The van der Waals surface area contributed by atoms with E-state index in [2.05, 4.69) is 27.9 Å². The third-order valence-corrected chi connectivity index (χ3v) is 5.71. The van der Waals surface area contributed by atoms with Gasteiger partial charge >= 0.3 is 0 Å². The maximum atomic E-state index is 13.1. The monoisotopic (exact) mass is 428 g/mol. The lowest BCUT2D eigenvalue weighted by molar-refractivity contribution is -0.384. The summed E-state index contributed by atoms with van der Waals surface area (Å²) < 4.78 is 1.39. The van der Waals surface area contributed by atoms with E-state index < -0.39 is 16.4 Å². The maximum Gasteiger partial charge on any atom is 0.274 e. The predicted octanol–water partition coefficient (Wildman–Crippen LogP) is 2.83. The summed E-state index contributed by atoms with van der Waals surface area (Å²) in [4.78, 5) is 36.6. The fourth-order valence-electron chi connectivity index (χ4n) is 3.91. The summed E-state index contributed by atoms with van der Waals surface area (Å²) in [7, 11) is 0. The minimum atomic E-state index is -0.954. The molecule has 0 bridgehead atoms. The highest BCUT2D eigenvalue weighted by molar-refractivity contribution is 5.98. The molecule has 2 amide bonds. The van der Waals surface area contributed by atoms with E-state index in [4.69, 9.17) is 0 Å². The largest absolute Gasteiger partial charge is 0.354 e. The molecule has 0 radical (unpaired) electrons. The van der Waals surface area contributed by atoms with Crippen LogP contribution in [0.5, 0.6) is 0 Å². The average Bonchev–Trinajstić information content (AvgIpc) is 3.16. The molecule has 0 spiro atoms. The Balaban J connectivity index is 1.82. The Hall–Kier alpha value is -3.30. The van der Waals surface area contributed by atoms with Gasteiger partial charge in [0.25, 0.3) is 11.6 Å². The van der Waals surface area contributed by atoms with Crippen LogP contribution in [-0.4, -0.2) is 43.8 Å². The molecule has 1 fully saturated rings. The Bertz CT molecular complexity index is 965. The number of hydrogen-bond donors (Lipinski definition) is 2. The summed E-state index contributed by atoms with van der Waals surface area (Å²) in [6.45, 7) is 4.30. The highest BCUT2D eigenvalue weighted by Crippen LogP contribution is 2.29. The van der Waals surface area contributed by atoms with Crippen LogP contribution in [0.4, 0.5) is 5.69 Å². The second-order valence-electron chi connectivity index (χ2n) is 7.92. The van der Waals surface area contributed by atoms with Crippen molar-refractivity contribution in [3.8, 4) is 5.69 Å². The first-order valence-corrected chi connectivity index (χ1v) is 10.7. The average molecular weight is 428 g/mol. The first-order chi connectivity index (χ1) is 14.9. The van der Waals surface area contributed by atoms with Crippen molar-refractivity contribution in [2.45, 2.75) is 64.3 Å². The molecule has 1 aliphatic rings. The van der Waals surface area contributed by atoms with Crippen LogP contribution in [0, 0.1) is 17.0 Å². The van der Waals surface area contributed by atoms with E-state index in [1.807, 2.05) is 0 Å². The summed E-state index contributed by atoms with van der Waals surface area (Å²) in [5.74, 6) is -0.626. The number of unbranched alkanes of at least 4 members (excludes halogenated alkanes) is 1. The Morgan fingerprint density at radius 2 is 2.00 bits per heavy atom. The van der Waals surface area contributed by atoms with Crippen molar-refractivity contribution in [2.24, 2.45) is 0 Å². The number of nitrogens with one attached hydrogen (secondary N) is 2. The number of carbonyl (C=O) groups excluding carboxylic acids is 2. The first kappa shape index (κ1) is 22.4. The van der Waals surface area contributed by atoms with Crippen LogP contribution in [-0.2, 0) is 4.79 Å². The number of nitrogens with zero attached hydrogens (tertiary/aromatic N) is 4. The molecule has 3 rings (SSSR count). The van der Waals surface area contributed by atoms with Crippen LogP contribution in [0.1, 0.15) is 68.1 Å². The van der Waals surface area contributed by atoms with Gasteiger partial charge in [0, 0.05) is 18.7 Å². The van der Waals surface area contributed by atoms with Gasteiger partial charge in [0.2, 0.25) is 5.91 Å². The Labute approximate surface area is 180 Å². The second kappa shape index (κ2) is 9.67. The normalized spacial score (nSPS) is 15.3. The van der Waals surface area contributed by atoms with E-state index >= 15 is 0 Å².